The lowest BCUT2D eigenvalue weighted by atomic mass is 10.1. The summed E-state index contributed by atoms with van der Waals surface area (Å²) in [6.45, 7) is 5.03. The summed E-state index contributed by atoms with van der Waals surface area (Å²) in [5.74, 6) is 0.814. The third-order valence-electron chi connectivity index (χ3n) is 3.58. The van der Waals surface area contributed by atoms with Gasteiger partial charge in [-0.05, 0) is 30.5 Å². The molecule has 21 heavy (non-hydrogen) atoms. The number of nitrogens with zero attached hydrogens (tertiary/aromatic N) is 1. The standard InChI is InChI=1S/C18H23N3/c1-14-9-7-8-12-17(14)13-20-18(19-3)21-15(2)16-10-5-4-6-11-16/h4-12,15H,13H2,1-3H3,(H2,19,20,21). The second kappa shape index (κ2) is 7.48. The summed E-state index contributed by atoms with van der Waals surface area (Å²) in [6, 6.07) is 19.0. The predicted molar refractivity (Wildman–Crippen MR) is 89.4 cm³/mol. The molecule has 0 amide bonds. The first-order valence-corrected chi connectivity index (χ1v) is 7.27. The first-order valence-electron chi connectivity index (χ1n) is 7.27. The van der Waals surface area contributed by atoms with Crippen molar-refractivity contribution < 1.29 is 0 Å². The van der Waals surface area contributed by atoms with E-state index >= 15 is 0 Å². The summed E-state index contributed by atoms with van der Waals surface area (Å²) < 4.78 is 0. The van der Waals surface area contributed by atoms with E-state index in [1.165, 1.54) is 16.7 Å². The predicted octanol–water partition coefficient (Wildman–Crippen LogP) is 3.42. The van der Waals surface area contributed by atoms with Crippen LogP contribution in [0.3, 0.4) is 0 Å². The van der Waals surface area contributed by atoms with E-state index in [1.807, 2.05) is 6.07 Å². The fourth-order valence-electron chi connectivity index (χ4n) is 2.21. The Morgan fingerprint density at radius 1 is 1.05 bits per heavy atom. The van der Waals surface area contributed by atoms with E-state index in [-0.39, 0.29) is 6.04 Å². The van der Waals surface area contributed by atoms with Crippen LogP contribution in [0.1, 0.15) is 29.7 Å². The molecule has 0 aliphatic carbocycles. The molecule has 2 rings (SSSR count). The van der Waals surface area contributed by atoms with E-state index in [4.69, 9.17) is 0 Å². The summed E-state index contributed by atoms with van der Waals surface area (Å²) in [6.07, 6.45) is 0. The Balaban J connectivity index is 1.94. The molecule has 0 aromatic heterocycles. The van der Waals surface area contributed by atoms with E-state index in [0.717, 1.165) is 12.5 Å². The molecule has 1 unspecified atom stereocenters. The van der Waals surface area contributed by atoms with Crippen LogP contribution in [0.2, 0.25) is 0 Å². The van der Waals surface area contributed by atoms with Crippen molar-refractivity contribution >= 4 is 5.96 Å². The maximum Gasteiger partial charge on any atom is 0.191 e. The summed E-state index contributed by atoms with van der Waals surface area (Å²) in [4.78, 5) is 4.29. The lowest BCUT2D eigenvalue weighted by Gasteiger charge is -2.18. The van der Waals surface area contributed by atoms with Gasteiger partial charge in [-0.15, -0.1) is 0 Å². The second-order valence-electron chi connectivity index (χ2n) is 5.13. The maximum atomic E-state index is 4.29. The number of rotatable bonds is 4. The van der Waals surface area contributed by atoms with Gasteiger partial charge in [0, 0.05) is 13.6 Å². The summed E-state index contributed by atoms with van der Waals surface area (Å²) in [5.41, 5.74) is 3.82. The van der Waals surface area contributed by atoms with E-state index in [2.05, 4.69) is 78.0 Å². The van der Waals surface area contributed by atoms with Crippen molar-refractivity contribution in [2.24, 2.45) is 4.99 Å². The van der Waals surface area contributed by atoms with E-state index in [0.29, 0.717) is 0 Å². The van der Waals surface area contributed by atoms with Gasteiger partial charge < -0.3 is 10.6 Å². The van der Waals surface area contributed by atoms with Crippen molar-refractivity contribution in [1.82, 2.24) is 10.6 Å². The molecule has 0 heterocycles. The minimum absolute atomic E-state index is 0.217. The van der Waals surface area contributed by atoms with Crippen LogP contribution >= 0.6 is 0 Å². The summed E-state index contributed by atoms with van der Waals surface area (Å²) in [5, 5.41) is 6.78. The highest BCUT2D eigenvalue weighted by Gasteiger charge is 2.07. The Morgan fingerprint density at radius 2 is 1.71 bits per heavy atom. The number of hydrogen-bond donors (Lipinski definition) is 2. The molecular weight excluding hydrogens is 258 g/mol. The van der Waals surface area contributed by atoms with Crippen LogP contribution in [-0.2, 0) is 6.54 Å². The van der Waals surface area contributed by atoms with Crippen LogP contribution in [0.25, 0.3) is 0 Å². The van der Waals surface area contributed by atoms with Gasteiger partial charge in [-0.3, -0.25) is 4.99 Å². The minimum Gasteiger partial charge on any atom is -0.352 e. The molecule has 110 valence electrons. The van der Waals surface area contributed by atoms with Crippen molar-refractivity contribution in [2.45, 2.75) is 26.4 Å². The van der Waals surface area contributed by atoms with Crippen molar-refractivity contribution in [1.29, 1.82) is 0 Å². The molecule has 0 saturated carbocycles. The van der Waals surface area contributed by atoms with Gasteiger partial charge in [-0.2, -0.15) is 0 Å². The topological polar surface area (TPSA) is 36.4 Å². The van der Waals surface area contributed by atoms with Crippen molar-refractivity contribution in [3.63, 3.8) is 0 Å². The first-order chi connectivity index (χ1) is 10.2. The van der Waals surface area contributed by atoms with E-state index in [9.17, 15) is 0 Å². The summed E-state index contributed by atoms with van der Waals surface area (Å²) >= 11 is 0. The van der Waals surface area contributed by atoms with Crippen LogP contribution < -0.4 is 10.6 Å². The molecule has 0 aliphatic heterocycles. The molecule has 3 heteroatoms. The van der Waals surface area contributed by atoms with E-state index in [1.54, 1.807) is 7.05 Å². The van der Waals surface area contributed by atoms with Crippen LogP contribution in [0.5, 0.6) is 0 Å². The Labute approximate surface area is 127 Å². The molecule has 0 radical (unpaired) electrons. The highest BCUT2D eigenvalue weighted by Crippen LogP contribution is 2.11. The molecule has 0 fully saturated rings. The Bertz CT molecular complexity index is 590. The molecule has 3 nitrogen and oxygen atoms in total. The number of guanidine groups is 1. The number of aliphatic imine (C=N–C) groups is 1. The Hall–Kier alpha value is -2.29. The maximum absolute atomic E-state index is 4.29. The zero-order chi connectivity index (χ0) is 15.1. The second-order valence-corrected chi connectivity index (χ2v) is 5.13. The monoisotopic (exact) mass is 281 g/mol. The highest BCUT2D eigenvalue weighted by atomic mass is 15.2. The Kier molecular flexibility index (Phi) is 5.38. The highest BCUT2D eigenvalue weighted by molar-refractivity contribution is 5.80. The molecule has 2 aromatic rings. The third kappa shape index (κ3) is 4.35. The number of aryl methyl sites for hydroxylation is 1. The SMILES string of the molecule is CN=C(NCc1ccccc1C)NC(C)c1ccccc1. The van der Waals surface area contributed by atoms with Gasteiger partial charge >= 0.3 is 0 Å². The fraction of sp³-hybridized carbons (Fsp3) is 0.278. The third-order valence-corrected chi connectivity index (χ3v) is 3.58. The number of nitrogens with one attached hydrogen (secondary N) is 2. The van der Waals surface area contributed by atoms with Gasteiger partial charge in [0.2, 0.25) is 0 Å². The van der Waals surface area contributed by atoms with Gasteiger partial charge in [-0.1, -0.05) is 54.6 Å². The smallest absolute Gasteiger partial charge is 0.191 e. The molecule has 0 bridgehead atoms. The molecular formula is C18H23N3. The van der Waals surface area contributed by atoms with Crippen molar-refractivity contribution in [2.75, 3.05) is 7.05 Å². The fourth-order valence-corrected chi connectivity index (χ4v) is 2.21. The largest absolute Gasteiger partial charge is 0.352 e. The minimum atomic E-state index is 0.217. The summed E-state index contributed by atoms with van der Waals surface area (Å²) in [7, 11) is 1.80. The Morgan fingerprint density at radius 3 is 2.38 bits per heavy atom. The quantitative estimate of drug-likeness (QED) is 0.665. The van der Waals surface area contributed by atoms with Gasteiger partial charge in [-0.25, -0.2) is 0 Å². The molecule has 0 spiro atoms. The zero-order valence-electron chi connectivity index (χ0n) is 12.9. The van der Waals surface area contributed by atoms with Crippen LogP contribution in [-0.4, -0.2) is 13.0 Å². The van der Waals surface area contributed by atoms with Crippen LogP contribution in [0.4, 0.5) is 0 Å². The molecule has 1 atom stereocenters. The lowest BCUT2D eigenvalue weighted by Crippen LogP contribution is -2.38. The molecule has 0 saturated heterocycles. The van der Waals surface area contributed by atoms with Crippen LogP contribution in [0.15, 0.2) is 59.6 Å². The van der Waals surface area contributed by atoms with Crippen molar-refractivity contribution in [3.8, 4) is 0 Å². The zero-order valence-corrected chi connectivity index (χ0v) is 12.9. The number of hydrogen-bond acceptors (Lipinski definition) is 1. The molecule has 0 aliphatic rings. The average molecular weight is 281 g/mol. The van der Waals surface area contributed by atoms with Gasteiger partial charge in [0.05, 0.1) is 6.04 Å². The average Bonchev–Trinajstić information content (AvgIpc) is 2.53. The van der Waals surface area contributed by atoms with Gasteiger partial charge in [0.1, 0.15) is 0 Å². The van der Waals surface area contributed by atoms with Crippen molar-refractivity contribution in [3.05, 3.63) is 71.3 Å². The molecule has 2 aromatic carbocycles. The normalized spacial score (nSPS) is 12.8. The first kappa shape index (κ1) is 15.1. The van der Waals surface area contributed by atoms with Gasteiger partial charge in [0.15, 0.2) is 5.96 Å². The van der Waals surface area contributed by atoms with E-state index < -0.39 is 0 Å². The lowest BCUT2D eigenvalue weighted by molar-refractivity contribution is 0.685. The van der Waals surface area contributed by atoms with Crippen LogP contribution in [0, 0.1) is 6.92 Å². The number of benzene rings is 2. The molecule has 2 N–H and O–H groups in total. The van der Waals surface area contributed by atoms with Gasteiger partial charge in [0.25, 0.3) is 0 Å².